The summed E-state index contributed by atoms with van der Waals surface area (Å²) in [5, 5.41) is 8.99. The lowest BCUT2D eigenvalue weighted by molar-refractivity contribution is 0.101. The second-order valence-corrected chi connectivity index (χ2v) is 9.63. The van der Waals surface area contributed by atoms with Crippen molar-refractivity contribution < 1.29 is 13.2 Å². The third-order valence-corrected chi connectivity index (χ3v) is 6.56. The van der Waals surface area contributed by atoms with Crippen LogP contribution in [0.1, 0.15) is 18.4 Å². The Kier molecular flexibility index (Phi) is 6.47. The number of hydrazine groups is 2. The van der Waals surface area contributed by atoms with Gasteiger partial charge in [-0.1, -0.05) is 30.3 Å². The van der Waals surface area contributed by atoms with Crippen LogP contribution >= 0.6 is 0 Å². The van der Waals surface area contributed by atoms with Crippen molar-refractivity contribution in [2.24, 2.45) is 11.1 Å². The summed E-state index contributed by atoms with van der Waals surface area (Å²) in [6, 6.07) is 16.9. The summed E-state index contributed by atoms with van der Waals surface area (Å²) in [4.78, 5) is 2.54. The predicted octanol–water partition coefficient (Wildman–Crippen LogP) is 2.23. The van der Waals surface area contributed by atoms with E-state index in [0.717, 1.165) is 49.6 Å². The van der Waals surface area contributed by atoms with Crippen LogP contribution in [0.25, 0.3) is 0 Å². The van der Waals surface area contributed by atoms with Crippen LogP contribution in [0.5, 0.6) is 0 Å². The molecule has 0 aromatic heterocycles. The van der Waals surface area contributed by atoms with Crippen LogP contribution in [0.2, 0.25) is 0 Å². The first-order valence-electron chi connectivity index (χ1n) is 10.4. The van der Waals surface area contributed by atoms with Crippen molar-refractivity contribution in [2.75, 3.05) is 31.8 Å². The zero-order chi connectivity index (χ0) is 21.8. The number of ether oxygens (including phenoxy) is 1. The molecule has 3 N–H and O–H groups in total. The zero-order valence-electron chi connectivity index (χ0n) is 17.6. The van der Waals surface area contributed by atoms with Gasteiger partial charge in [-0.25, -0.2) is 18.6 Å². The van der Waals surface area contributed by atoms with Gasteiger partial charge in [-0.3, -0.25) is 9.91 Å². The third kappa shape index (κ3) is 5.56. The van der Waals surface area contributed by atoms with Gasteiger partial charge in [0.2, 0.25) is 15.9 Å². The maximum atomic E-state index is 11.4. The minimum atomic E-state index is -3.64. The monoisotopic (exact) mass is 443 g/mol. The van der Waals surface area contributed by atoms with Crippen molar-refractivity contribution in [1.29, 1.82) is 0 Å². The van der Waals surface area contributed by atoms with Crippen molar-refractivity contribution >= 4 is 15.7 Å². The first-order chi connectivity index (χ1) is 14.9. The molecule has 0 unspecified atom stereocenters. The van der Waals surface area contributed by atoms with E-state index in [2.05, 4.69) is 10.4 Å². The highest BCUT2D eigenvalue weighted by Crippen LogP contribution is 2.25. The van der Waals surface area contributed by atoms with Gasteiger partial charge >= 0.3 is 0 Å². The number of benzene rings is 2. The van der Waals surface area contributed by atoms with Crippen molar-refractivity contribution in [3.8, 4) is 0 Å². The number of hydrogen-bond acceptors (Lipinski definition) is 7. The first kappa shape index (κ1) is 21.6. The number of nitrogens with one attached hydrogen (secondary N) is 1. The second-order valence-electron chi connectivity index (χ2n) is 8.07. The molecule has 2 heterocycles. The molecule has 2 aromatic carbocycles. The number of hydrogen-bond donors (Lipinski definition) is 2. The molecule has 0 radical (unpaired) electrons. The summed E-state index contributed by atoms with van der Waals surface area (Å²) >= 11 is 0. The molecule has 2 aliphatic heterocycles. The second kappa shape index (κ2) is 9.27. The summed E-state index contributed by atoms with van der Waals surface area (Å²) in [5.74, 6) is 1.30. The maximum Gasteiger partial charge on any atom is 0.238 e. The van der Waals surface area contributed by atoms with Gasteiger partial charge < -0.3 is 4.74 Å². The number of rotatable bonds is 7. The van der Waals surface area contributed by atoms with E-state index >= 15 is 0 Å². The third-order valence-electron chi connectivity index (χ3n) is 5.63. The molecule has 0 saturated carbocycles. The molecule has 4 rings (SSSR count). The number of nitrogens with zero attached hydrogens (tertiary/aromatic N) is 3. The number of primary sulfonamides is 1. The van der Waals surface area contributed by atoms with E-state index in [0.29, 0.717) is 12.5 Å². The van der Waals surface area contributed by atoms with Crippen LogP contribution in [0, 0.1) is 5.92 Å². The minimum Gasteiger partial charge on any atom is -0.477 e. The Morgan fingerprint density at radius 1 is 1.06 bits per heavy atom. The summed E-state index contributed by atoms with van der Waals surface area (Å²) in [5.41, 5.74) is 5.37. The Balaban J connectivity index is 1.25. The quantitative estimate of drug-likeness (QED) is 0.678. The topological polar surface area (TPSA) is 91.1 Å². The van der Waals surface area contributed by atoms with E-state index < -0.39 is 10.0 Å². The van der Waals surface area contributed by atoms with Gasteiger partial charge in [-0.05, 0) is 61.7 Å². The average molecular weight is 444 g/mol. The van der Waals surface area contributed by atoms with Crippen molar-refractivity contribution in [1.82, 2.24) is 15.4 Å². The molecule has 1 saturated heterocycles. The van der Waals surface area contributed by atoms with Crippen LogP contribution in [0.15, 0.2) is 71.6 Å². The van der Waals surface area contributed by atoms with Crippen LogP contribution in [-0.4, -0.2) is 45.1 Å². The lowest BCUT2D eigenvalue weighted by atomic mass is 9.97. The van der Waals surface area contributed by atoms with Crippen molar-refractivity contribution in [2.45, 2.75) is 24.3 Å². The van der Waals surface area contributed by atoms with E-state index in [4.69, 9.17) is 9.88 Å². The SMILES string of the molecule is CN1C=C(OCC2CCN(Cc3ccc(S(N)(=O)=O)cc3)CC2)N(c2ccccc2)N1. The molecule has 2 aromatic rings. The molecule has 0 bridgehead atoms. The first-order valence-corrected chi connectivity index (χ1v) is 12.0. The van der Waals surface area contributed by atoms with Crippen LogP contribution in [-0.2, 0) is 21.3 Å². The summed E-state index contributed by atoms with van der Waals surface area (Å²) < 4.78 is 29.0. The number of anilines is 1. The minimum absolute atomic E-state index is 0.151. The number of sulfonamides is 1. The molecule has 8 nitrogen and oxygen atoms in total. The van der Waals surface area contributed by atoms with E-state index in [-0.39, 0.29) is 4.90 Å². The van der Waals surface area contributed by atoms with Gasteiger partial charge in [0.05, 0.1) is 23.4 Å². The van der Waals surface area contributed by atoms with Crippen LogP contribution in [0.3, 0.4) is 0 Å². The van der Waals surface area contributed by atoms with Gasteiger partial charge in [0.1, 0.15) is 0 Å². The van der Waals surface area contributed by atoms with Crippen LogP contribution < -0.4 is 15.7 Å². The Morgan fingerprint density at radius 3 is 2.39 bits per heavy atom. The van der Waals surface area contributed by atoms with E-state index in [1.54, 1.807) is 12.1 Å². The Bertz CT molecular complexity index is 1000. The number of para-hydroxylation sites is 1. The molecule has 0 amide bonds. The fraction of sp³-hybridized carbons (Fsp3) is 0.364. The lowest BCUT2D eigenvalue weighted by Crippen LogP contribution is -2.39. The smallest absolute Gasteiger partial charge is 0.238 e. The van der Waals surface area contributed by atoms with Crippen molar-refractivity contribution in [3.63, 3.8) is 0 Å². The summed E-state index contributed by atoms with van der Waals surface area (Å²) in [6.07, 6.45) is 4.08. The van der Waals surface area contributed by atoms with E-state index in [9.17, 15) is 8.42 Å². The zero-order valence-corrected chi connectivity index (χ0v) is 18.5. The van der Waals surface area contributed by atoms with E-state index in [1.165, 1.54) is 0 Å². The predicted molar refractivity (Wildman–Crippen MR) is 120 cm³/mol. The highest BCUT2D eigenvalue weighted by atomic mass is 32.2. The Labute approximate surface area is 183 Å². The van der Waals surface area contributed by atoms with Gasteiger partial charge in [0.25, 0.3) is 0 Å². The molecule has 166 valence electrons. The highest BCUT2D eigenvalue weighted by Gasteiger charge is 2.25. The Hall–Kier alpha value is -2.59. The fourth-order valence-electron chi connectivity index (χ4n) is 3.88. The molecule has 0 atom stereocenters. The molecule has 2 aliphatic rings. The van der Waals surface area contributed by atoms with Crippen LogP contribution in [0.4, 0.5) is 5.69 Å². The number of nitrogens with two attached hydrogens (primary N) is 1. The Morgan fingerprint density at radius 2 is 1.74 bits per heavy atom. The fourth-order valence-corrected chi connectivity index (χ4v) is 4.40. The number of likely N-dealkylation sites (tertiary alicyclic amines) is 1. The largest absolute Gasteiger partial charge is 0.477 e. The molecular weight excluding hydrogens is 414 g/mol. The van der Waals surface area contributed by atoms with E-state index in [1.807, 2.05) is 65.7 Å². The number of piperidine rings is 1. The molecule has 1 fully saturated rings. The lowest BCUT2D eigenvalue weighted by Gasteiger charge is -2.32. The maximum absolute atomic E-state index is 11.4. The van der Waals surface area contributed by atoms with Gasteiger partial charge in [-0.15, -0.1) is 5.53 Å². The molecule has 9 heteroatoms. The van der Waals surface area contributed by atoms with Crippen molar-refractivity contribution in [3.05, 3.63) is 72.2 Å². The van der Waals surface area contributed by atoms with Gasteiger partial charge in [-0.2, -0.15) is 0 Å². The average Bonchev–Trinajstić information content (AvgIpc) is 3.14. The molecular formula is C22H29N5O3S. The summed E-state index contributed by atoms with van der Waals surface area (Å²) in [6.45, 7) is 3.47. The summed E-state index contributed by atoms with van der Waals surface area (Å²) in [7, 11) is -1.70. The molecule has 0 aliphatic carbocycles. The molecule has 0 spiro atoms. The standard InChI is InChI=1S/C22H29N5O3S/c1-25-16-22(27(24-25)20-5-3-2-4-6-20)30-17-19-11-13-26(14-12-19)15-18-7-9-21(10-8-18)31(23,28)29/h2-10,16,19,24H,11-15,17H2,1H3,(H2,23,28,29). The highest BCUT2D eigenvalue weighted by molar-refractivity contribution is 7.89. The van der Waals surface area contributed by atoms with Gasteiger partial charge in [0.15, 0.2) is 0 Å². The molecule has 31 heavy (non-hydrogen) atoms. The van der Waals surface area contributed by atoms with Gasteiger partial charge in [0, 0.05) is 13.6 Å². The normalized spacial score (nSPS) is 18.3.